The molecule has 4 aromatic carbocycles. The molecule has 0 spiro atoms. The van der Waals surface area contributed by atoms with Crippen LogP contribution in [0.2, 0.25) is 5.02 Å². The third-order valence-electron chi connectivity index (χ3n) is 8.04. The van der Waals surface area contributed by atoms with Crippen molar-refractivity contribution in [2.24, 2.45) is 0 Å². The molecule has 1 saturated heterocycles. The standard InChI is InChI=1S/C37H35ClN4O3/c1-40(2)19-7-10-27-13-15-29(26-8-4-3-5-9-26)32(36(27)38)25-41-20-22-42(23-21-41)28-14-16-31(37(43)44)35(24-28)45-34-12-6-11-33-30(34)17-18-39-33/h3-6,8-9,11-18,24,39H,19-23,25H2,1-2H3,(H,43,44). The molecule has 2 N–H and O–H groups in total. The van der Waals surface area contributed by atoms with Crippen LogP contribution in [-0.2, 0) is 6.54 Å². The van der Waals surface area contributed by atoms with Crippen LogP contribution in [0.25, 0.3) is 22.0 Å². The number of anilines is 1. The van der Waals surface area contributed by atoms with Crippen LogP contribution in [0.5, 0.6) is 11.5 Å². The fourth-order valence-electron chi connectivity index (χ4n) is 5.67. The van der Waals surface area contributed by atoms with Gasteiger partial charge in [0, 0.05) is 67.1 Å². The average molecular weight is 619 g/mol. The highest BCUT2D eigenvalue weighted by molar-refractivity contribution is 6.33. The highest BCUT2D eigenvalue weighted by atomic mass is 35.5. The van der Waals surface area contributed by atoms with Gasteiger partial charge < -0.3 is 19.7 Å². The quantitative estimate of drug-likeness (QED) is 0.179. The third-order valence-corrected chi connectivity index (χ3v) is 8.47. The monoisotopic (exact) mass is 618 g/mol. The molecule has 1 aliphatic heterocycles. The van der Waals surface area contributed by atoms with E-state index in [1.165, 1.54) is 0 Å². The van der Waals surface area contributed by atoms with Gasteiger partial charge in [0.1, 0.15) is 17.1 Å². The summed E-state index contributed by atoms with van der Waals surface area (Å²) >= 11 is 7.06. The van der Waals surface area contributed by atoms with E-state index in [1.54, 1.807) is 6.07 Å². The second-order valence-corrected chi connectivity index (χ2v) is 11.8. The van der Waals surface area contributed by atoms with Gasteiger partial charge in [-0.1, -0.05) is 65.9 Å². The van der Waals surface area contributed by atoms with Crippen molar-refractivity contribution in [2.45, 2.75) is 6.54 Å². The first-order valence-corrected chi connectivity index (χ1v) is 15.3. The Kier molecular flexibility index (Phi) is 9.08. The van der Waals surface area contributed by atoms with E-state index in [2.05, 4.69) is 44.8 Å². The number of nitrogens with zero attached hydrogens (tertiary/aromatic N) is 3. The predicted octanol–water partition coefficient (Wildman–Crippen LogP) is 7.21. The fraction of sp³-hybridized carbons (Fsp3) is 0.216. The van der Waals surface area contributed by atoms with E-state index in [1.807, 2.05) is 85.9 Å². The summed E-state index contributed by atoms with van der Waals surface area (Å²) in [4.78, 5) is 22.0. The second-order valence-electron chi connectivity index (χ2n) is 11.4. The smallest absolute Gasteiger partial charge is 0.339 e. The van der Waals surface area contributed by atoms with Crippen LogP contribution in [0.3, 0.4) is 0 Å². The SMILES string of the molecule is CN(C)CC#Cc1ccc(-c2ccccc2)c(CN2CCN(c3ccc(C(=O)O)c(Oc4cccc5[nH]ccc45)c3)CC2)c1Cl. The maximum atomic E-state index is 12.1. The van der Waals surface area contributed by atoms with Crippen molar-refractivity contribution in [2.75, 3.05) is 51.7 Å². The Balaban J connectivity index is 1.21. The van der Waals surface area contributed by atoms with Gasteiger partial charge in [-0.15, -0.1) is 0 Å². The lowest BCUT2D eigenvalue weighted by atomic mass is 9.96. The molecule has 0 atom stereocenters. The number of H-pyrrole nitrogens is 1. The van der Waals surface area contributed by atoms with Gasteiger partial charge in [0.15, 0.2) is 0 Å². The number of carboxylic acids is 1. The molecular formula is C37H35ClN4O3. The molecule has 0 radical (unpaired) electrons. The number of aromatic amines is 1. The van der Waals surface area contributed by atoms with E-state index in [0.29, 0.717) is 29.6 Å². The van der Waals surface area contributed by atoms with Crippen LogP contribution in [0.15, 0.2) is 91.1 Å². The Bertz CT molecular complexity index is 1880. The van der Waals surface area contributed by atoms with Gasteiger partial charge >= 0.3 is 5.97 Å². The van der Waals surface area contributed by atoms with Crippen LogP contribution in [0.4, 0.5) is 5.69 Å². The lowest BCUT2D eigenvalue weighted by Gasteiger charge is -2.36. The van der Waals surface area contributed by atoms with E-state index in [9.17, 15) is 9.90 Å². The van der Waals surface area contributed by atoms with Gasteiger partial charge in [0.05, 0.1) is 11.6 Å². The summed E-state index contributed by atoms with van der Waals surface area (Å²) in [6, 6.07) is 27.4. The summed E-state index contributed by atoms with van der Waals surface area (Å²) in [5.41, 5.74) is 6.14. The molecule has 1 fully saturated rings. The summed E-state index contributed by atoms with van der Waals surface area (Å²) in [5.74, 6) is 6.39. The first kappa shape index (κ1) is 30.3. The molecule has 6 rings (SSSR count). The number of fused-ring (bicyclic) bond motifs is 1. The minimum atomic E-state index is -1.03. The van der Waals surface area contributed by atoms with Gasteiger partial charge in [-0.05, 0) is 67.2 Å². The normalized spacial score (nSPS) is 13.6. The molecule has 45 heavy (non-hydrogen) atoms. The van der Waals surface area contributed by atoms with Gasteiger partial charge in [0.2, 0.25) is 0 Å². The van der Waals surface area contributed by atoms with Crippen molar-refractivity contribution < 1.29 is 14.6 Å². The van der Waals surface area contributed by atoms with Crippen LogP contribution in [0, 0.1) is 11.8 Å². The van der Waals surface area contributed by atoms with Crippen molar-refractivity contribution in [3.05, 3.63) is 113 Å². The van der Waals surface area contributed by atoms with Gasteiger partial charge in [-0.2, -0.15) is 0 Å². The number of aromatic carboxylic acids is 1. The second kappa shape index (κ2) is 13.5. The minimum absolute atomic E-state index is 0.126. The summed E-state index contributed by atoms with van der Waals surface area (Å²) in [6.07, 6.45) is 1.84. The molecule has 0 unspecified atom stereocenters. The van der Waals surface area contributed by atoms with Gasteiger partial charge in [-0.25, -0.2) is 4.79 Å². The van der Waals surface area contributed by atoms with E-state index < -0.39 is 5.97 Å². The molecule has 1 aromatic heterocycles. The zero-order valence-electron chi connectivity index (χ0n) is 25.4. The van der Waals surface area contributed by atoms with E-state index in [4.69, 9.17) is 16.3 Å². The highest BCUT2D eigenvalue weighted by Gasteiger charge is 2.23. The molecule has 5 aromatic rings. The maximum absolute atomic E-state index is 12.1. The number of benzene rings is 4. The molecule has 0 bridgehead atoms. The van der Waals surface area contributed by atoms with Crippen molar-refractivity contribution >= 4 is 34.2 Å². The average Bonchev–Trinajstić information content (AvgIpc) is 3.53. The third kappa shape index (κ3) is 6.84. The molecule has 228 valence electrons. The van der Waals surface area contributed by atoms with E-state index >= 15 is 0 Å². The van der Waals surface area contributed by atoms with Gasteiger partial charge in [0.25, 0.3) is 0 Å². The van der Waals surface area contributed by atoms with E-state index in [0.717, 1.165) is 65.0 Å². The predicted molar refractivity (Wildman–Crippen MR) is 182 cm³/mol. The molecule has 7 nitrogen and oxygen atoms in total. The number of piperazine rings is 1. The largest absolute Gasteiger partial charge is 0.478 e. The van der Waals surface area contributed by atoms with Crippen molar-refractivity contribution in [3.63, 3.8) is 0 Å². The number of nitrogens with one attached hydrogen (secondary N) is 1. The molecule has 8 heteroatoms. The Morgan fingerprint density at radius 3 is 2.51 bits per heavy atom. The highest BCUT2D eigenvalue weighted by Crippen LogP contribution is 2.36. The number of hydrogen-bond acceptors (Lipinski definition) is 5. The molecule has 0 amide bonds. The Morgan fingerprint density at radius 1 is 0.956 bits per heavy atom. The Morgan fingerprint density at radius 2 is 1.76 bits per heavy atom. The zero-order chi connectivity index (χ0) is 31.3. The summed E-state index contributed by atoms with van der Waals surface area (Å²) in [6.45, 7) is 4.56. The molecular weight excluding hydrogens is 584 g/mol. The minimum Gasteiger partial charge on any atom is -0.478 e. The van der Waals surface area contributed by atoms with Crippen LogP contribution in [-0.4, -0.2) is 72.7 Å². The van der Waals surface area contributed by atoms with Crippen LogP contribution in [0.1, 0.15) is 21.5 Å². The number of carbonyl (C=O) groups is 1. The first-order valence-electron chi connectivity index (χ1n) is 15.0. The number of hydrogen-bond donors (Lipinski definition) is 2. The molecule has 1 aliphatic rings. The Labute approximate surface area is 268 Å². The number of rotatable bonds is 8. The number of carboxylic acid groups (broad SMARTS) is 1. The number of aromatic nitrogens is 1. The Hall–Kier alpha value is -4.74. The first-order chi connectivity index (χ1) is 21.9. The molecule has 2 heterocycles. The molecule has 0 aliphatic carbocycles. The summed E-state index contributed by atoms with van der Waals surface area (Å²) in [5, 5.41) is 11.5. The fourth-order valence-corrected chi connectivity index (χ4v) is 5.95. The number of ether oxygens (including phenoxy) is 1. The number of halogens is 1. The summed E-state index contributed by atoms with van der Waals surface area (Å²) in [7, 11) is 4.00. The zero-order valence-corrected chi connectivity index (χ0v) is 26.1. The van der Waals surface area contributed by atoms with Crippen molar-refractivity contribution in [3.8, 4) is 34.5 Å². The van der Waals surface area contributed by atoms with Gasteiger partial charge in [-0.3, -0.25) is 9.80 Å². The van der Waals surface area contributed by atoms with Crippen molar-refractivity contribution in [1.29, 1.82) is 0 Å². The lowest BCUT2D eigenvalue weighted by Crippen LogP contribution is -2.46. The van der Waals surface area contributed by atoms with E-state index in [-0.39, 0.29) is 5.56 Å². The maximum Gasteiger partial charge on any atom is 0.339 e. The summed E-state index contributed by atoms with van der Waals surface area (Å²) < 4.78 is 6.23. The van der Waals surface area contributed by atoms with Crippen LogP contribution >= 0.6 is 11.6 Å². The topological polar surface area (TPSA) is 72.0 Å². The van der Waals surface area contributed by atoms with Crippen molar-refractivity contribution in [1.82, 2.24) is 14.8 Å². The lowest BCUT2D eigenvalue weighted by molar-refractivity contribution is 0.0694. The van der Waals surface area contributed by atoms with Crippen LogP contribution < -0.4 is 9.64 Å². The molecule has 0 saturated carbocycles.